The third kappa shape index (κ3) is 4.41. The summed E-state index contributed by atoms with van der Waals surface area (Å²) in [5.74, 6) is -0.660. The molecule has 0 aromatic heterocycles. The van der Waals surface area contributed by atoms with Crippen LogP contribution in [-0.2, 0) is 0 Å². The standard InChI is InChI=1S/C17H8ClN3O4/c18-16-6-3-13(21(23)24)8-15(16)17(22)25-14-4-1-11(2-5-14)7-12(9-19)10-20/h1-8H. The van der Waals surface area contributed by atoms with E-state index >= 15 is 0 Å². The Hall–Kier alpha value is -3.68. The van der Waals surface area contributed by atoms with E-state index in [0.717, 1.165) is 6.07 Å². The molecule has 2 aromatic carbocycles. The Morgan fingerprint density at radius 3 is 2.36 bits per heavy atom. The third-order valence-corrected chi connectivity index (χ3v) is 3.35. The highest BCUT2D eigenvalue weighted by molar-refractivity contribution is 6.33. The minimum absolute atomic E-state index is 0.0304. The number of rotatable bonds is 4. The van der Waals surface area contributed by atoms with E-state index in [1.165, 1.54) is 30.3 Å². The van der Waals surface area contributed by atoms with Gasteiger partial charge in [-0.2, -0.15) is 10.5 Å². The number of ether oxygens (including phenoxy) is 1. The number of nitro groups is 1. The molecule has 0 atom stereocenters. The first-order chi connectivity index (χ1) is 11.9. The molecule has 0 saturated heterocycles. The minimum atomic E-state index is -0.841. The highest BCUT2D eigenvalue weighted by Crippen LogP contribution is 2.24. The molecule has 0 heterocycles. The Bertz CT molecular complexity index is 937. The number of hydrogen-bond acceptors (Lipinski definition) is 6. The lowest BCUT2D eigenvalue weighted by atomic mass is 10.1. The van der Waals surface area contributed by atoms with Crippen LogP contribution in [0.25, 0.3) is 6.08 Å². The van der Waals surface area contributed by atoms with Gasteiger partial charge in [0.2, 0.25) is 0 Å². The number of allylic oxidation sites excluding steroid dienone is 1. The largest absolute Gasteiger partial charge is 0.423 e. The molecular weight excluding hydrogens is 346 g/mol. The van der Waals surface area contributed by atoms with Crippen molar-refractivity contribution in [2.45, 2.75) is 0 Å². The molecule has 122 valence electrons. The van der Waals surface area contributed by atoms with Crippen molar-refractivity contribution in [2.75, 3.05) is 0 Å². The van der Waals surface area contributed by atoms with Crippen LogP contribution in [0.5, 0.6) is 5.75 Å². The van der Waals surface area contributed by atoms with Crippen molar-refractivity contribution in [3.63, 3.8) is 0 Å². The Morgan fingerprint density at radius 2 is 1.80 bits per heavy atom. The molecule has 0 spiro atoms. The zero-order valence-corrected chi connectivity index (χ0v) is 13.2. The number of carbonyl (C=O) groups excluding carboxylic acids is 1. The Morgan fingerprint density at radius 1 is 1.16 bits per heavy atom. The highest BCUT2D eigenvalue weighted by atomic mass is 35.5. The molecule has 0 fully saturated rings. The fourth-order valence-electron chi connectivity index (χ4n) is 1.83. The molecule has 0 aliphatic rings. The van der Waals surface area contributed by atoms with E-state index in [1.54, 1.807) is 24.3 Å². The van der Waals surface area contributed by atoms with Crippen LogP contribution >= 0.6 is 11.6 Å². The normalized spacial score (nSPS) is 9.40. The van der Waals surface area contributed by atoms with E-state index < -0.39 is 10.9 Å². The van der Waals surface area contributed by atoms with E-state index in [1.807, 2.05) is 0 Å². The van der Waals surface area contributed by atoms with Gasteiger partial charge in [-0.05, 0) is 29.8 Å². The van der Waals surface area contributed by atoms with Crippen LogP contribution in [0.1, 0.15) is 15.9 Å². The van der Waals surface area contributed by atoms with Crippen LogP contribution < -0.4 is 4.74 Å². The second-order valence-corrected chi connectivity index (χ2v) is 5.07. The van der Waals surface area contributed by atoms with Crippen molar-refractivity contribution in [3.8, 4) is 17.9 Å². The number of halogens is 1. The van der Waals surface area contributed by atoms with Gasteiger partial charge >= 0.3 is 5.97 Å². The summed E-state index contributed by atoms with van der Waals surface area (Å²) in [5.41, 5.74) is 0.104. The monoisotopic (exact) mass is 353 g/mol. The van der Waals surface area contributed by atoms with E-state index in [-0.39, 0.29) is 27.6 Å². The van der Waals surface area contributed by atoms with Gasteiger partial charge in [0.05, 0.1) is 15.5 Å². The fourth-order valence-corrected chi connectivity index (χ4v) is 2.03. The Balaban J connectivity index is 2.21. The lowest BCUT2D eigenvalue weighted by Crippen LogP contribution is -2.09. The van der Waals surface area contributed by atoms with E-state index in [0.29, 0.717) is 5.56 Å². The lowest BCUT2D eigenvalue weighted by Gasteiger charge is -2.06. The van der Waals surface area contributed by atoms with Gasteiger partial charge in [-0.15, -0.1) is 0 Å². The number of non-ortho nitro benzene ring substituents is 1. The number of esters is 1. The van der Waals surface area contributed by atoms with Crippen molar-refractivity contribution in [2.24, 2.45) is 0 Å². The lowest BCUT2D eigenvalue weighted by molar-refractivity contribution is -0.384. The van der Waals surface area contributed by atoms with Gasteiger partial charge in [0, 0.05) is 12.1 Å². The van der Waals surface area contributed by atoms with E-state index in [2.05, 4.69) is 0 Å². The molecule has 0 bridgehead atoms. The molecule has 0 aliphatic carbocycles. The molecule has 2 rings (SSSR count). The molecular formula is C17H8ClN3O4. The average molecular weight is 354 g/mol. The van der Waals surface area contributed by atoms with Gasteiger partial charge in [0.25, 0.3) is 5.69 Å². The van der Waals surface area contributed by atoms with Gasteiger partial charge in [-0.25, -0.2) is 4.79 Å². The number of nitriles is 2. The molecule has 8 heteroatoms. The smallest absolute Gasteiger partial charge is 0.345 e. The Labute approximate surface area is 147 Å². The van der Waals surface area contributed by atoms with Crippen molar-refractivity contribution in [1.82, 2.24) is 0 Å². The number of carbonyl (C=O) groups is 1. The van der Waals surface area contributed by atoms with Gasteiger partial charge in [0.1, 0.15) is 23.5 Å². The zero-order chi connectivity index (χ0) is 18.4. The maximum atomic E-state index is 12.1. The average Bonchev–Trinajstić information content (AvgIpc) is 2.61. The minimum Gasteiger partial charge on any atom is -0.423 e. The predicted octanol–water partition coefficient (Wildman–Crippen LogP) is 3.90. The number of benzene rings is 2. The van der Waals surface area contributed by atoms with Crippen LogP contribution in [0.3, 0.4) is 0 Å². The first-order valence-corrected chi connectivity index (χ1v) is 7.10. The predicted molar refractivity (Wildman–Crippen MR) is 88.7 cm³/mol. The summed E-state index contributed by atoms with van der Waals surface area (Å²) in [6.07, 6.45) is 1.38. The second kappa shape index (κ2) is 7.73. The van der Waals surface area contributed by atoms with Crippen LogP contribution in [0.4, 0.5) is 5.69 Å². The SMILES string of the molecule is N#CC(C#N)=Cc1ccc(OC(=O)c2cc([N+](=O)[O-])ccc2Cl)cc1. The van der Waals surface area contributed by atoms with Gasteiger partial charge in [-0.3, -0.25) is 10.1 Å². The Kier molecular flexibility index (Phi) is 5.47. The molecule has 25 heavy (non-hydrogen) atoms. The summed E-state index contributed by atoms with van der Waals surface area (Å²) >= 11 is 5.88. The van der Waals surface area contributed by atoms with Crippen LogP contribution in [0.15, 0.2) is 48.0 Å². The van der Waals surface area contributed by atoms with Gasteiger partial charge < -0.3 is 4.74 Å². The first-order valence-electron chi connectivity index (χ1n) is 6.72. The van der Waals surface area contributed by atoms with Crippen molar-refractivity contribution >= 4 is 29.3 Å². The third-order valence-electron chi connectivity index (χ3n) is 3.02. The summed E-state index contributed by atoms with van der Waals surface area (Å²) in [7, 11) is 0. The summed E-state index contributed by atoms with van der Waals surface area (Å²) in [4.78, 5) is 22.3. The first kappa shape index (κ1) is 17.7. The number of nitrogens with zero attached hydrogens (tertiary/aromatic N) is 3. The molecule has 0 saturated carbocycles. The van der Waals surface area contributed by atoms with Crippen molar-refractivity contribution < 1.29 is 14.5 Å². The quantitative estimate of drug-likeness (QED) is 0.270. The zero-order valence-electron chi connectivity index (χ0n) is 12.5. The topological polar surface area (TPSA) is 117 Å². The molecule has 0 aliphatic heterocycles. The molecule has 0 radical (unpaired) electrons. The van der Waals surface area contributed by atoms with Crippen LogP contribution in [-0.4, -0.2) is 10.9 Å². The van der Waals surface area contributed by atoms with Crippen LogP contribution in [0, 0.1) is 32.8 Å². The van der Waals surface area contributed by atoms with Gasteiger partial charge in [-0.1, -0.05) is 23.7 Å². The summed E-state index contributed by atoms with van der Waals surface area (Å²) in [5, 5.41) is 28.2. The van der Waals surface area contributed by atoms with E-state index in [4.69, 9.17) is 26.9 Å². The summed E-state index contributed by atoms with van der Waals surface area (Å²) in [6, 6.07) is 12.9. The number of nitro benzene ring substituents is 1. The maximum absolute atomic E-state index is 12.1. The number of hydrogen-bond donors (Lipinski definition) is 0. The van der Waals surface area contributed by atoms with E-state index in [9.17, 15) is 14.9 Å². The second-order valence-electron chi connectivity index (χ2n) is 4.66. The van der Waals surface area contributed by atoms with Crippen molar-refractivity contribution in [1.29, 1.82) is 10.5 Å². The molecule has 0 unspecified atom stereocenters. The summed E-state index contributed by atoms with van der Waals surface area (Å²) < 4.78 is 5.13. The van der Waals surface area contributed by atoms with Crippen molar-refractivity contribution in [3.05, 3.63) is 74.3 Å². The van der Waals surface area contributed by atoms with Crippen LogP contribution in [0.2, 0.25) is 5.02 Å². The maximum Gasteiger partial charge on any atom is 0.345 e. The summed E-state index contributed by atoms with van der Waals surface area (Å²) in [6.45, 7) is 0. The molecule has 0 N–H and O–H groups in total. The molecule has 2 aromatic rings. The highest BCUT2D eigenvalue weighted by Gasteiger charge is 2.17. The van der Waals surface area contributed by atoms with Gasteiger partial charge in [0.15, 0.2) is 0 Å². The molecule has 7 nitrogen and oxygen atoms in total. The molecule has 0 amide bonds. The fraction of sp³-hybridized carbons (Fsp3) is 0.